The highest BCUT2D eigenvalue weighted by Crippen LogP contribution is 2.31. The van der Waals surface area contributed by atoms with Gasteiger partial charge in [0.1, 0.15) is 16.5 Å². The molecule has 0 aromatic carbocycles. The lowest BCUT2D eigenvalue weighted by Gasteiger charge is -2.19. The Kier molecular flexibility index (Phi) is 4.60. The van der Waals surface area contributed by atoms with E-state index in [4.69, 9.17) is 5.73 Å². The van der Waals surface area contributed by atoms with Crippen LogP contribution >= 0.6 is 11.3 Å². The predicted octanol–water partition coefficient (Wildman–Crippen LogP) is 3.37. The topological polar surface area (TPSA) is 55.0 Å². The molecule has 1 unspecified atom stereocenters. The molecule has 20 heavy (non-hydrogen) atoms. The number of anilines is 1. The molecule has 2 rings (SSSR count). The number of hydrogen-bond acceptors (Lipinski definition) is 5. The molecule has 0 aliphatic rings. The number of fused-ring (bicyclic) bond motifs is 1. The third-order valence-electron chi connectivity index (χ3n) is 3.83. The Morgan fingerprint density at radius 2 is 2.00 bits per heavy atom. The molecule has 0 amide bonds. The average molecular weight is 292 g/mol. The van der Waals surface area contributed by atoms with Crippen molar-refractivity contribution >= 4 is 27.4 Å². The summed E-state index contributed by atoms with van der Waals surface area (Å²) in [6.45, 7) is 10.5. The lowest BCUT2D eigenvalue weighted by atomic mass is 10.1. The monoisotopic (exact) mass is 292 g/mol. The van der Waals surface area contributed by atoms with Gasteiger partial charge in [0.05, 0.1) is 11.9 Å². The SMILES string of the molecule is CCC(C)CN(C)Cc1nc(N)c2c(C)c(C)sc2n1. The number of aromatic nitrogens is 2. The molecular formula is C15H24N4S. The Labute approximate surface area is 125 Å². The minimum atomic E-state index is 0.615. The highest BCUT2D eigenvalue weighted by atomic mass is 32.1. The zero-order chi connectivity index (χ0) is 14.9. The summed E-state index contributed by atoms with van der Waals surface area (Å²) in [5, 5.41) is 1.03. The summed E-state index contributed by atoms with van der Waals surface area (Å²) in [5.74, 6) is 2.12. The van der Waals surface area contributed by atoms with Gasteiger partial charge in [0, 0.05) is 11.4 Å². The Balaban J connectivity index is 2.23. The van der Waals surface area contributed by atoms with Crippen LogP contribution in [0.4, 0.5) is 5.82 Å². The van der Waals surface area contributed by atoms with Gasteiger partial charge >= 0.3 is 0 Å². The first-order valence-electron chi connectivity index (χ1n) is 7.13. The fourth-order valence-corrected chi connectivity index (χ4v) is 3.42. The molecule has 2 heterocycles. The summed E-state index contributed by atoms with van der Waals surface area (Å²) in [6.07, 6.45) is 1.19. The maximum Gasteiger partial charge on any atom is 0.146 e. The summed E-state index contributed by atoms with van der Waals surface area (Å²) in [4.78, 5) is 13.7. The molecule has 2 N–H and O–H groups in total. The van der Waals surface area contributed by atoms with Crippen molar-refractivity contribution in [2.75, 3.05) is 19.3 Å². The molecule has 2 aromatic rings. The molecule has 0 saturated heterocycles. The first-order chi connectivity index (χ1) is 9.42. The van der Waals surface area contributed by atoms with Crippen molar-refractivity contribution in [3.8, 4) is 0 Å². The number of thiophene rings is 1. The van der Waals surface area contributed by atoms with Gasteiger partial charge in [-0.2, -0.15) is 0 Å². The molecule has 0 fully saturated rings. The number of aryl methyl sites for hydroxylation is 2. The Morgan fingerprint density at radius 1 is 1.30 bits per heavy atom. The van der Waals surface area contributed by atoms with Crippen LogP contribution < -0.4 is 5.73 Å². The van der Waals surface area contributed by atoms with Crippen LogP contribution in [0.5, 0.6) is 0 Å². The maximum absolute atomic E-state index is 6.11. The van der Waals surface area contributed by atoms with Gasteiger partial charge in [-0.05, 0) is 32.4 Å². The number of nitrogens with zero attached hydrogens (tertiary/aromatic N) is 3. The van der Waals surface area contributed by atoms with Crippen molar-refractivity contribution in [2.24, 2.45) is 5.92 Å². The second kappa shape index (κ2) is 6.06. The van der Waals surface area contributed by atoms with E-state index < -0.39 is 0 Å². The van der Waals surface area contributed by atoms with E-state index >= 15 is 0 Å². The van der Waals surface area contributed by atoms with E-state index in [1.807, 2.05) is 0 Å². The summed E-state index contributed by atoms with van der Waals surface area (Å²) in [5.41, 5.74) is 7.32. The Hall–Kier alpha value is -1.20. The molecule has 4 nitrogen and oxygen atoms in total. The van der Waals surface area contributed by atoms with Crippen LogP contribution in [0.25, 0.3) is 10.2 Å². The summed E-state index contributed by atoms with van der Waals surface area (Å²) >= 11 is 1.70. The van der Waals surface area contributed by atoms with Crippen LogP contribution in [0.15, 0.2) is 0 Å². The van der Waals surface area contributed by atoms with Gasteiger partial charge in [-0.15, -0.1) is 11.3 Å². The smallest absolute Gasteiger partial charge is 0.146 e. The average Bonchev–Trinajstić information content (AvgIpc) is 2.64. The maximum atomic E-state index is 6.11. The molecule has 0 saturated carbocycles. The number of nitrogen functional groups attached to an aromatic ring is 1. The zero-order valence-electron chi connectivity index (χ0n) is 13.0. The van der Waals surface area contributed by atoms with Gasteiger partial charge in [-0.1, -0.05) is 20.3 Å². The van der Waals surface area contributed by atoms with Crippen molar-refractivity contribution in [2.45, 2.75) is 40.7 Å². The van der Waals surface area contributed by atoms with E-state index in [0.717, 1.165) is 29.1 Å². The fraction of sp³-hybridized carbons (Fsp3) is 0.600. The minimum absolute atomic E-state index is 0.615. The number of rotatable bonds is 5. The van der Waals surface area contributed by atoms with Gasteiger partial charge in [-0.3, -0.25) is 4.90 Å². The molecule has 1 atom stereocenters. The summed E-state index contributed by atoms with van der Waals surface area (Å²) < 4.78 is 0. The predicted molar refractivity (Wildman–Crippen MR) is 87.1 cm³/mol. The molecule has 0 bridgehead atoms. The van der Waals surface area contributed by atoms with Crippen molar-refractivity contribution in [3.05, 3.63) is 16.3 Å². The zero-order valence-corrected chi connectivity index (χ0v) is 13.8. The molecule has 0 radical (unpaired) electrons. The van der Waals surface area contributed by atoms with E-state index in [2.05, 4.69) is 49.6 Å². The molecular weight excluding hydrogens is 268 g/mol. The number of hydrogen-bond donors (Lipinski definition) is 1. The highest BCUT2D eigenvalue weighted by molar-refractivity contribution is 7.18. The van der Waals surface area contributed by atoms with E-state index in [9.17, 15) is 0 Å². The summed E-state index contributed by atoms with van der Waals surface area (Å²) in [6, 6.07) is 0. The van der Waals surface area contributed by atoms with Crippen LogP contribution in [0.1, 0.15) is 36.5 Å². The van der Waals surface area contributed by atoms with Crippen molar-refractivity contribution in [1.29, 1.82) is 0 Å². The Bertz CT molecular complexity index is 605. The Morgan fingerprint density at radius 3 is 2.65 bits per heavy atom. The van der Waals surface area contributed by atoms with E-state index in [1.165, 1.54) is 16.9 Å². The summed E-state index contributed by atoms with van der Waals surface area (Å²) in [7, 11) is 2.11. The van der Waals surface area contributed by atoms with Crippen LogP contribution in [0.3, 0.4) is 0 Å². The highest BCUT2D eigenvalue weighted by Gasteiger charge is 2.14. The molecule has 0 spiro atoms. The van der Waals surface area contributed by atoms with Crippen molar-refractivity contribution < 1.29 is 0 Å². The van der Waals surface area contributed by atoms with Gasteiger partial charge in [0.15, 0.2) is 0 Å². The van der Waals surface area contributed by atoms with Gasteiger partial charge in [-0.25, -0.2) is 9.97 Å². The van der Waals surface area contributed by atoms with Crippen LogP contribution in [0, 0.1) is 19.8 Å². The van der Waals surface area contributed by atoms with Gasteiger partial charge in [0.2, 0.25) is 0 Å². The largest absolute Gasteiger partial charge is 0.383 e. The quantitative estimate of drug-likeness (QED) is 0.918. The third kappa shape index (κ3) is 3.10. The first kappa shape index (κ1) is 15.2. The fourth-order valence-electron chi connectivity index (χ4n) is 2.36. The van der Waals surface area contributed by atoms with Crippen LogP contribution in [0.2, 0.25) is 0 Å². The molecule has 110 valence electrons. The molecule has 2 aromatic heterocycles. The van der Waals surface area contributed by atoms with Crippen molar-refractivity contribution in [1.82, 2.24) is 14.9 Å². The lowest BCUT2D eigenvalue weighted by molar-refractivity contribution is 0.270. The molecule has 0 aliphatic heterocycles. The number of nitrogens with two attached hydrogens (primary N) is 1. The lowest BCUT2D eigenvalue weighted by Crippen LogP contribution is -2.24. The van der Waals surface area contributed by atoms with Crippen molar-refractivity contribution in [3.63, 3.8) is 0 Å². The minimum Gasteiger partial charge on any atom is -0.383 e. The van der Waals surface area contributed by atoms with Crippen LogP contribution in [-0.4, -0.2) is 28.5 Å². The van der Waals surface area contributed by atoms with E-state index in [-0.39, 0.29) is 0 Å². The van der Waals surface area contributed by atoms with Crippen LogP contribution in [-0.2, 0) is 6.54 Å². The van der Waals surface area contributed by atoms with Gasteiger partial charge in [0.25, 0.3) is 0 Å². The standard InChI is InChI=1S/C15H24N4S/c1-6-9(2)7-19(5)8-12-17-14(16)13-10(3)11(4)20-15(13)18-12/h9H,6-8H2,1-5H3,(H2,16,17,18). The van der Waals surface area contributed by atoms with E-state index in [0.29, 0.717) is 11.7 Å². The molecule has 5 heteroatoms. The normalized spacial score (nSPS) is 13.3. The third-order valence-corrected chi connectivity index (χ3v) is 4.94. The van der Waals surface area contributed by atoms with Gasteiger partial charge < -0.3 is 5.73 Å². The second-order valence-corrected chi connectivity index (χ2v) is 6.90. The second-order valence-electron chi connectivity index (χ2n) is 5.70. The molecule has 0 aliphatic carbocycles. The first-order valence-corrected chi connectivity index (χ1v) is 7.94. The van der Waals surface area contributed by atoms with E-state index in [1.54, 1.807) is 11.3 Å².